The SMILES string of the molecule is Cc1ccsc1CCNS(=O)(=O)c1cc(Br)cnc1N. The summed E-state index contributed by atoms with van der Waals surface area (Å²) in [5.74, 6) is -0.00648. The van der Waals surface area contributed by atoms with E-state index in [4.69, 9.17) is 5.73 Å². The van der Waals surface area contributed by atoms with Crippen LogP contribution in [0.15, 0.2) is 33.1 Å². The Balaban J connectivity index is 2.08. The van der Waals surface area contributed by atoms with Gasteiger partial charge in [-0.1, -0.05) is 0 Å². The van der Waals surface area contributed by atoms with Gasteiger partial charge in [0.15, 0.2) is 0 Å². The average Bonchev–Trinajstić information content (AvgIpc) is 2.78. The van der Waals surface area contributed by atoms with E-state index in [0.29, 0.717) is 17.4 Å². The summed E-state index contributed by atoms with van der Waals surface area (Å²) < 4.78 is 27.5. The van der Waals surface area contributed by atoms with E-state index in [1.807, 2.05) is 18.4 Å². The second-order valence-electron chi connectivity index (χ2n) is 4.21. The first-order valence-corrected chi connectivity index (χ1v) is 8.99. The third-order valence-corrected chi connectivity index (χ3v) is 5.76. The van der Waals surface area contributed by atoms with Gasteiger partial charge in [0.25, 0.3) is 0 Å². The lowest BCUT2D eigenvalue weighted by Crippen LogP contribution is -2.27. The number of aryl methyl sites for hydroxylation is 1. The minimum atomic E-state index is -3.64. The lowest BCUT2D eigenvalue weighted by atomic mass is 10.2. The standard InChI is InChI=1S/C12H14BrN3O2S2/c1-8-3-5-19-10(8)2-4-16-20(17,18)11-6-9(13)7-15-12(11)14/h3,5-7,16H,2,4H2,1H3,(H2,14,15). The van der Waals surface area contributed by atoms with Gasteiger partial charge < -0.3 is 5.73 Å². The number of anilines is 1. The van der Waals surface area contributed by atoms with Gasteiger partial charge in [-0.15, -0.1) is 11.3 Å². The number of sulfonamides is 1. The highest BCUT2D eigenvalue weighted by Gasteiger charge is 2.18. The Morgan fingerprint density at radius 1 is 1.50 bits per heavy atom. The molecule has 20 heavy (non-hydrogen) atoms. The van der Waals surface area contributed by atoms with Crippen LogP contribution in [-0.2, 0) is 16.4 Å². The molecule has 0 saturated heterocycles. The average molecular weight is 376 g/mol. The van der Waals surface area contributed by atoms with Gasteiger partial charge in [-0.3, -0.25) is 0 Å². The van der Waals surface area contributed by atoms with Crippen molar-refractivity contribution in [1.82, 2.24) is 9.71 Å². The number of nitrogen functional groups attached to an aromatic ring is 1. The predicted molar refractivity (Wildman–Crippen MR) is 84.3 cm³/mol. The summed E-state index contributed by atoms with van der Waals surface area (Å²) >= 11 is 4.81. The fraction of sp³-hybridized carbons (Fsp3) is 0.250. The molecule has 2 heterocycles. The minimum absolute atomic E-state index is 0.00484. The largest absolute Gasteiger partial charge is 0.383 e. The molecule has 0 amide bonds. The van der Waals surface area contributed by atoms with Crippen molar-refractivity contribution in [3.8, 4) is 0 Å². The van der Waals surface area contributed by atoms with Gasteiger partial charge in [0.05, 0.1) is 0 Å². The summed E-state index contributed by atoms with van der Waals surface area (Å²) in [6.45, 7) is 2.34. The van der Waals surface area contributed by atoms with Crippen LogP contribution >= 0.6 is 27.3 Å². The Kier molecular flexibility index (Phi) is 4.79. The highest BCUT2D eigenvalue weighted by molar-refractivity contribution is 9.10. The molecule has 0 aliphatic carbocycles. The predicted octanol–water partition coefficient (Wildman–Crippen LogP) is 2.32. The molecule has 0 radical (unpaired) electrons. The molecular formula is C12H14BrN3O2S2. The fourth-order valence-electron chi connectivity index (χ4n) is 1.68. The van der Waals surface area contributed by atoms with Crippen LogP contribution in [0.25, 0.3) is 0 Å². The van der Waals surface area contributed by atoms with Crippen LogP contribution < -0.4 is 10.5 Å². The molecule has 0 saturated carbocycles. The molecular weight excluding hydrogens is 362 g/mol. The van der Waals surface area contributed by atoms with E-state index in [2.05, 4.69) is 25.6 Å². The molecule has 2 aromatic rings. The van der Waals surface area contributed by atoms with Gasteiger partial charge in [-0.25, -0.2) is 18.1 Å². The minimum Gasteiger partial charge on any atom is -0.383 e. The first kappa shape index (κ1) is 15.4. The quantitative estimate of drug-likeness (QED) is 0.839. The van der Waals surface area contributed by atoms with E-state index in [0.717, 1.165) is 0 Å². The molecule has 0 fully saturated rings. The maximum Gasteiger partial charge on any atom is 0.244 e. The van der Waals surface area contributed by atoms with Crippen LogP contribution in [-0.4, -0.2) is 19.9 Å². The smallest absolute Gasteiger partial charge is 0.244 e. The lowest BCUT2D eigenvalue weighted by molar-refractivity contribution is 0.582. The summed E-state index contributed by atoms with van der Waals surface area (Å²) in [5, 5.41) is 2.00. The van der Waals surface area contributed by atoms with Crippen LogP contribution in [0, 0.1) is 6.92 Å². The van der Waals surface area contributed by atoms with Crippen molar-refractivity contribution in [2.45, 2.75) is 18.2 Å². The van der Waals surface area contributed by atoms with Crippen LogP contribution in [0.2, 0.25) is 0 Å². The molecule has 2 rings (SSSR count). The maximum atomic E-state index is 12.2. The van der Waals surface area contributed by atoms with Gasteiger partial charge in [-0.2, -0.15) is 0 Å². The van der Waals surface area contributed by atoms with E-state index in [1.165, 1.54) is 22.7 Å². The Morgan fingerprint density at radius 2 is 2.25 bits per heavy atom. The van der Waals surface area contributed by atoms with Crippen molar-refractivity contribution < 1.29 is 8.42 Å². The number of aromatic nitrogens is 1. The zero-order valence-corrected chi connectivity index (χ0v) is 14.0. The zero-order valence-electron chi connectivity index (χ0n) is 10.8. The molecule has 0 aliphatic rings. The molecule has 0 unspecified atom stereocenters. The molecule has 0 bridgehead atoms. The number of hydrogen-bond donors (Lipinski definition) is 2. The van der Waals surface area contributed by atoms with Crippen LogP contribution in [0.1, 0.15) is 10.4 Å². The molecule has 0 aromatic carbocycles. The number of nitrogens with one attached hydrogen (secondary N) is 1. The summed E-state index contributed by atoms with van der Waals surface area (Å²) in [6, 6.07) is 3.46. The first-order valence-electron chi connectivity index (χ1n) is 5.84. The topological polar surface area (TPSA) is 85.1 Å². The van der Waals surface area contributed by atoms with Gasteiger partial charge in [0.1, 0.15) is 10.7 Å². The second-order valence-corrected chi connectivity index (χ2v) is 7.86. The van der Waals surface area contributed by atoms with Gasteiger partial charge in [0, 0.05) is 22.1 Å². The first-order chi connectivity index (χ1) is 9.40. The van der Waals surface area contributed by atoms with E-state index >= 15 is 0 Å². The zero-order chi connectivity index (χ0) is 14.8. The number of rotatable bonds is 5. The van der Waals surface area contributed by atoms with Gasteiger partial charge in [0.2, 0.25) is 10.0 Å². The number of hydrogen-bond acceptors (Lipinski definition) is 5. The molecule has 2 aromatic heterocycles. The summed E-state index contributed by atoms with van der Waals surface area (Å²) in [5.41, 5.74) is 6.80. The number of halogens is 1. The highest BCUT2D eigenvalue weighted by atomic mass is 79.9. The molecule has 0 spiro atoms. The summed E-state index contributed by atoms with van der Waals surface area (Å²) in [7, 11) is -3.64. The number of thiophene rings is 1. The van der Waals surface area contributed by atoms with Crippen LogP contribution in [0.5, 0.6) is 0 Å². The molecule has 0 atom stereocenters. The molecule has 0 aliphatic heterocycles. The van der Waals surface area contributed by atoms with Gasteiger partial charge >= 0.3 is 0 Å². The van der Waals surface area contributed by atoms with Crippen LogP contribution in [0.3, 0.4) is 0 Å². The van der Waals surface area contributed by atoms with E-state index in [9.17, 15) is 8.42 Å². The number of nitrogens with zero attached hydrogens (tertiary/aromatic N) is 1. The van der Waals surface area contributed by atoms with E-state index < -0.39 is 10.0 Å². The molecule has 5 nitrogen and oxygen atoms in total. The fourth-order valence-corrected chi connectivity index (χ4v) is 4.21. The molecule has 8 heteroatoms. The van der Waals surface area contributed by atoms with Gasteiger partial charge in [-0.05, 0) is 52.4 Å². The Bertz CT molecular complexity index is 713. The third-order valence-electron chi connectivity index (χ3n) is 2.75. The van der Waals surface area contributed by atoms with Crippen molar-refractivity contribution in [3.05, 3.63) is 38.6 Å². The number of pyridine rings is 1. The third kappa shape index (κ3) is 3.57. The maximum absolute atomic E-state index is 12.2. The Morgan fingerprint density at radius 3 is 2.90 bits per heavy atom. The van der Waals surface area contributed by atoms with E-state index in [1.54, 1.807) is 11.3 Å². The van der Waals surface area contributed by atoms with Crippen molar-refractivity contribution in [2.24, 2.45) is 0 Å². The monoisotopic (exact) mass is 375 g/mol. The van der Waals surface area contributed by atoms with Crippen molar-refractivity contribution in [2.75, 3.05) is 12.3 Å². The van der Waals surface area contributed by atoms with E-state index in [-0.39, 0.29) is 10.7 Å². The van der Waals surface area contributed by atoms with Crippen LogP contribution in [0.4, 0.5) is 5.82 Å². The Labute approximate surface area is 130 Å². The molecule has 108 valence electrons. The molecule has 3 N–H and O–H groups in total. The van der Waals surface area contributed by atoms with Crippen molar-refractivity contribution >= 4 is 43.1 Å². The van der Waals surface area contributed by atoms with Crippen molar-refractivity contribution in [3.63, 3.8) is 0 Å². The normalized spacial score (nSPS) is 11.7. The lowest BCUT2D eigenvalue weighted by Gasteiger charge is -2.08. The summed E-state index contributed by atoms with van der Waals surface area (Å²) in [4.78, 5) is 5.00. The Hall–Kier alpha value is -0.960. The van der Waals surface area contributed by atoms with Crippen molar-refractivity contribution in [1.29, 1.82) is 0 Å². The summed E-state index contributed by atoms with van der Waals surface area (Å²) in [6.07, 6.45) is 2.12. The second kappa shape index (κ2) is 6.21. The number of nitrogens with two attached hydrogens (primary N) is 1. The highest BCUT2D eigenvalue weighted by Crippen LogP contribution is 2.20.